The van der Waals surface area contributed by atoms with Crippen molar-refractivity contribution in [2.24, 2.45) is 5.41 Å². The zero-order valence-corrected chi connectivity index (χ0v) is 29.2. The summed E-state index contributed by atoms with van der Waals surface area (Å²) in [5, 5.41) is 4.10. The number of unbranched alkanes of at least 4 members (excludes halogenated alkanes) is 1. The summed E-state index contributed by atoms with van der Waals surface area (Å²) in [4.78, 5) is 56.5. The van der Waals surface area contributed by atoms with Crippen molar-refractivity contribution in [2.45, 2.75) is 70.3 Å². The first-order chi connectivity index (χ1) is 23.8. The molecule has 12 heteroatoms. The van der Waals surface area contributed by atoms with E-state index in [-0.39, 0.29) is 29.4 Å². The number of fused-ring (bicyclic) bond motifs is 1. The summed E-state index contributed by atoms with van der Waals surface area (Å²) in [6, 6.07) is 8.37. The van der Waals surface area contributed by atoms with Crippen molar-refractivity contribution in [2.75, 3.05) is 71.4 Å². The number of rotatable bonds is 11. The van der Waals surface area contributed by atoms with Gasteiger partial charge in [0.1, 0.15) is 6.61 Å². The molecule has 5 heterocycles. The van der Waals surface area contributed by atoms with E-state index in [0.29, 0.717) is 26.0 Å². The fourth-order valence-corrected chi connectivity index (χ4v) is 7.72. The number of nitrogens with zero attached hydrogens (tertiary/aromatic N) is 6. The Hall–Kier alpha value is -4.03. The van der Waals surface area contributed by atoms with E-state index in [0.717, 1.165) is 83.7 Å². The number of aromatic nitrogens is 3. The van der Waals surface area contributed by atoms with Crippen molar-refractivity contribution in [3.05, 3.63) is 54.0 Å². The lowest BCUT2D eigenvalue weighted by Gasteiger charge is -2.37. The van der Waals surface area contributed by atoms with Gasteiger partial charge < -0.3 is 24.8 Å². The normalized spacial score (nSPS) is 21.0. The van der Waals surface area contributed by atoms with Gasteiger partial charge in [-0.15, -0.1) is 0 Å². The zero-order chi connectivity index (χ0) is 34.2. The second-order valence-corrected chi connectivity index (χ2v) is 14.5. The van der Waals surface area contributed by atoms with Gasteiger partial charge in [0, 0.05) is 81.6 Å². The summed E-state index contributed by atoms with van der Waals surface area (Å²) >= 11 is 0. The second-order valence-electron chi connectivity index (χ2n) is 14.5. The largest absolute Gasteiger partial charge is 0.447 e. The maximum Gasteiger partial charge on any atom is 0.407 e. The number of piperazine rings is 1. The molecule has 49 heavy (non-hydrogen) atoms. The van der Waals surface area contributed by atoms with Gasteiger partial charge in [0.15, 0.2) is 0 Å². The quantitative estimate of drug-likeness (QED) is 0.230. The first kappa shape index (κ1) is 34.8. The molecule has 3 aromatic rings. The molecule has 2 N–H and O–H groups in total. The minimum atomic E-state index is -0.311. The third kappa shape index (κ3) is 9.16. The number of H-pyrrole nitrogens is 1. The minimum Gasteiger partial charge on any atom is -0.447 e. The third-order valence-electron chi connectivity index (χ3n) is 10.5. The van der Waals surface area contributed by atoms with Crippen molar-refractivity contribution < 1.29 is 19.1 Å². The Morgan fingerprint density at radius 1 is 0.959 bits per heavy atom. The van der Waals surface area contributed by atoms with E-state index >= 15 is 0 Å². The van der Waals surface area contributed by atoms with E-state index in [1.807, 2.05) is 6.07 Å². The Kier molecular flexibility index (Phi) is 11.5. The molecule has 3 aliphatic heterocycles. The molecule has 1 aromatic carbocycles. The van der Waals surface area contributed by atoms with Crippen LogP contribution in [0.3, 0.4) is 0 Å². The van der Waals surface area contributed by atoms with E-state index in [1.165, 1.54) is 39.8 Å². The number of aromatic amines is 1. The highest BCUT2D eigenvalue weighted by Gasteiger charge is 2.44. The van der Waals surface area contributed by atoms with Crippen LogP contribution in [-0.4, -0.2) is 120 Å². The van der Waals surface area contributed by atoms with Crippen molar-refractivity contribution in [3.8, 4) is 0 Å². The van der Waals surface area contributed by atoms with Crippen LogP contribution in [0.15, 0.2) is 42.9 Å². The van der Waals surface area contributed by atoms with Gasteiger partial charge in [0.25, 0.3) is 0 Å². The fourth-order valence-electron chi connectivity index (χ4n) is 7.72. The predicted octanol–water partition coefficient (Wildman–Crippen LogP) is 4.01. The van der Waals surface area contributed by atoms with E-state index in [1.54, 1.807) is 12.4 Å². The number of carbonyl (C=O) groups is 3. The maximum absolute atomic E-state index is 12.5. The lowest BCUT2D eigenvalue weighted by atomic mass is 9.76. The Morgan fingerprint density at radius 3 is 2.35 bits per heavy atom. The first-order valence-corrected chi connectivity index (χ1v) is 18.0. The van der Waals surface area contributed by atoms with Gasteiger partial charge in [0.05, 0.1) is 6.04 Å². The highest BCUT2D eigenvalue weighted by molar-refractivity contribution is 5.98. The van der Waals surface area contributed by atoms with Gasteiger partial charge in [-0.25, -0.2) is 14.8 Å². The lowest BCUT2D eigenvalue weighted by molar-refractivity contribution is -0.153. The molecular weight excluding hydrogens is 620 g/mol. The van der Waals surface area contributed by atoms with Gasteiger partial charge in [-0.1, -0.05) is 18.9 Å². The molecule has 264 valence electrons. The summed E-state index contributed by atoms with van der Waals surface area (Å²) in [5.41, 5.74) is 3.74. The molecule has 7 rings (SSSR count). The van der Waals surface area contributed by atoms with Crippen molar-refractivity contribution in [3.63, 3.8) is 0 Å². The van der Waals surface area contributed by atoms with E-state index < -0.39 is 0 Å². The van der Waals surface area contributed by atoms with E-state index in [9.17, 15) is 14.4 Å². The Bertz CT molecular complexity index is 1540. The van der Waals surface area contributed by atoms with Crippen LogP contribution >= 0.6 is 0 Å². The average Bonchev–Trinajstić information content (AvgIpc) is 3.84. The van der Waals surface area contributed by atoms with Crippen LogP contribution in [0.5, 0.6) is 0 Å². The van der Waals surface area contributed by atoms with E-state index in [4.69, 9.17) is 4.74 Å². The number of cyclic esters (lactones) is 1. The third-order valence-corrected chi connectivity index (χ3v) is 10.5. The number of benzene rings is 1. The SMILES string of the molecule is CN(C)CCc1c[nH]c2ccc(C[C@H]3COC(=O)N3)cc12.O=C1CC2(CCCC2)CC(=O)N1CCCCN1CCN(c2ncccn2)CC1. The number of anilines is 1. The number of nitrogens with one attached hydrogen (secondary N) is 2. The highest BCUT2D eigenvalue weighted by Crippen LogP contribution is 2.46. The van der Waals surface area contributed by atoms with Crippen LogP contribution in [0.1, 0.15) is 62.5 Å². The molecule has 0 radical (unpaired) electrons. The number of hydrogen-bond acceptors (Lipinski definition) is 9. The van der Waals surface area contributed by atoms with Crippen LogP contribution < -0.4 is 10.2 Å². The lowest BCUT2D eigenvalue weighted by Crippen LogP contribution is -2.48. The molecule has 0 unspecified atom stereocenters. The number of hydrogen-bond donors (Lipinski definition) is 2. The molecule has 2 aromatic heterocycles. The number of alkyl carbamates (subject to hydrolysis) is 1. The van der Waals surface area contributed by atoms with Crippen LogP contribution in [0.25, 0.3) is 10.9 Å². The number of likely N-dealkylation sites (tertiary alicyclic amines) is 1. The van der Waals surface area contributed by atoms with Gasteiger partial charge >= 0.3 is 6.09 Å². The summed E-state index contributed by atoms with van der Waals surface area (Å²) < 4.78 is 4.94. The van der Waals surface area contributed by atoms with E-state index in [2.05, 4.69) is 73.5 Å². The maximum atomic E-state index is 12.5. The van der Waals surface area contributed by atoms with Gasteiger partial charge in [0.2, 0.25) is 17.8 Å². The van der Waals surface area contributed by atoms with Crippen LogP contribution in [0, 0.1) is 5.41 Å². The van der Waals surface area contributed by atoms with Crippen molar-refractivity contribution in [1.29, 1.82) is 0 Å². The molecule has 3 saturated heterocycles. The van der Waals surface area contributed by atoms with Crippen molar-refractivity contribution in [1.82, 2.24) is 35.0 Å². The fraction of sp³-hybridized carbons (Fsp3) is 0.595. The van der Waals surface area contributed by atoms with Crippen LogP contribution in [0.4, 0.5) is 10.7 Å². The predicted molar refractivity (Wildman–Crippen MR) is 189 cm³/mol. The standard InChI is InChI=1S/C21H31N5O2.C16H21N3O2/c27-18-16-21(6-1-2-7-21)17-19(28)26(18)11-4-3-10-24-12-14-25(15-13-24)20-22-8-5-9-23-20;1-19(2)6-5-12-9-17-15-4-3-11(8-14(12)15)7-13-10-21-16(20)18-13/h5,8-9H,1-4,6-7,10-17H2;3-4,8-9,13,17H,5-7,10H2,1-2H3,(H,18,20)/t;13-/m.0/s1. The molecular formula is C37H52N8O4. The minimum absolute atomic E-state index is 0.00676. The summed E-state index contributed by atoms with van der Waals surface area (Å²) in [7, 11) is 4.17. The monoisotopic (exact) mass is 672 g/mol. The number of carbonyl (C=O) groups excluding carboxylic acids is 3. The molecule has 1 atom stereocenters. The molecule has 1 spiro atoms. The van der Waals surface area contributed by atoms with Crippen LogP contribution in [0.2, 0.25) is 0 Å². The number of ether oxygens (including phenoxy) is 1. The number of likely N-dealkylation sites (N-methyl/N-ethyl adjacent to an activating group) is 1. The van der Waals surface area contributed by atoms with Crippen molar-refractivity contribution >= 4 is 34.8 Å². The number of piperidine rings is 1. The van der Waals surface area contributed by atoms with Gasteiger partial charge in [-0.05, 0) is 93.9 Å². The summed E-state index contributed by atoms with van der Waals surface area (Å²) in [6.07, 6.45) is 14.7. The van der Waals surface area contributed by atoms with Gasteiger partial charge in [-0.2, -0.15) is 0 Å². The molecule has 1 aliphatic carbocycles. The Morgan fingerprint density at radius 2 is 1.67 bits per heavy atom. The smallest absolute Gasteiger partial charge is 0.407 e. The molecule has 0 bridgehead atoms. The topological polar surface area (TPSA) is 127 Å². The number of imide groups is 1. The molecule has 4 fully saturated rings. The molecule has 4 aliphatic rings. The van der Waals surface area contributed by atoms with Gasteiger partial charge in [-0.3, -0.25) is 19.4 Å². The first-order valence-electron chi connectivity index (χ1n) is 18.0. The Balaban J connectivity index is 0.000000177. The molecule has 12 nitrogen and oxygen atoms in total. The zero-order valence-electron chi connectivity index (χ0n) is 29.2. The highest BCUT2D eigenvalue weighted by atomic mass is 16.6. The second kappa shape index (κ2) is 16.1. The Labute approximate surface area is 289 Å². The average molecular weight is 673 g/mol. The summed E-state index contributed by atoms with van der Waals surface area (Å²) in [6.45, 7) is 6.98. The van der Waals surface area contributed by atoms with Crippen LogP contribution in [-0.2, 0) is 27.2 Å². The molecule has 1 saturated carbocycles. The summed E-state index contributed by atoms with van der Waals surface area (Å²) in [5.74, 6) is 0.938. The number of amides is 3. The molecule has 3 amide bonds.